The van der Waals surface area contributed by atoms with Gasteiger partial charge in [0.15, 0.2) is 0 Å². The lowest BCUT2D eigenvalue weighted by Crippen LogP contribution is -1.71. The Morgan fingerprint density at radius 1 is 1.10 bits per heavy atom. The highest BCUT2D eigenvalue weighted by Crippen LogP contribution is 2.00. The Labute approximate surface area is 62.9 Å². The first kappa shape index (κ1) is 7.33. The predicted molar refractivity (Wildman–Crippen MR) is 44.6 cm³/mol. The molecule has 0 aliphatic heterocycles. The van der Waals surface area contributed by atoms with E-state index in [4.69, 9.17) is 0 Å². The molecule has 0 spiro atoms. The van der Waals surface area contributed by atoms with Crippen LogP contribution in [0.5, 0.6) is 0 Å². The van der Waals surface area contributed by atoms with E-state index in [-0.39, 0.29) is 0 Å². The molecule has 1 radical (unpaired) electrons. The van der Waals surface area contributed by atoms with Crippen molar-refractivity contribution in [1.29, 1.82) is 0 Å². The zero-order valence-electron chi connectivity index (χ0n) is 6.22. The molecule has 0 aromatic carbocycles. The number of rotatable bonds is 0. The maximum absolute atomic E-state index is 3.21. The van der Waals surface area contributed by atoms with E-state index in [1.54, 1.807) is 0 Å². The highest BCUT2D eigenvalue weighted by atomic mass is 13.9. The summed E-state index contributed by atoms with van der Waals surface area (Å²) in [6, 6.07) is 0. The van der Waals surface area contributed by atoms with Gasteiger partial charge in [0.2, 0.25) is 0 Å². The molecule has 0 amide bonds. The fourth-order valence-corrected chi connectivity index (χ4v) is 0.913. The zero-order chi connectivity index (χ0) is 7.07. The summed E-state index contributed by atoms with van der Waals surface area (Å²) in [5.41, 5.74) is 0. The molecule has 1 aliphatic rings. The topological polar surface area (TPSA) is 0 Å². The summed E-state index contributed by atoms with van der Waals surface area (Å²) in [6.45, 7) is 0. The third-order valence-corrected chi connectivity index (χ3v) is 1.48. The molecule has 0 saturated carbocycles. The lowest BCUT2D eigenvalue weighted by Gasteiger charge is -1.90. The van der Waals surface area contributed by atoms with E-state index in [0.717, 1.165) is 12.8 Å². The van der Waals surface area contributed by atoms with Crippen molar-refractivity contribution in [2.24, 2.45) is 0 Å². The molecule has 1 aliphatic carbocycles. The van der Waals surface area contributed by atoms with Crippen LogP contribution in [0.15, 0.2) is 30.4 Å². The van der Waals surface area contributed by atoms with E-state index in [1.165, 1.54) is 12.8 Å². The Morgan fingerprint density at radius 3 is 3.10 bits per heavy atom. The van der Waals surface area contributed by atoms with E-state index < -0.39 is 0 Å². The second-order valence-electron chi connectivity index (χ2n) is 2.40. The molecule has 0 fully saturated rings. The molecule has 0 atom stereocenters. The van der Waals surface area contributed by atoms with Crippen molar-refractivity contribution in [2.75, 3.05) is 0 Å². The van der Waals surface area contributed by atoms with Crippen molar-refractivity contribution in [1.82, 2.24) is 0 Å². The lowest BCUT2D eigenvalue weighted by atomic mass is 10.2. The largest absolute Gasteiger partial charge is 0.0882 e. The van der Waals surface area contributed by atoms with Crippen LogP contribution in [0, 0.1) is 6.08 Å². The average molecular weight is 133 g/mol. The normalized spacial score (nSPS) is 19.2. The summed E-state index contributed by atoms with van der Waals surface area (Å²) >= 11 is 0. The van der Waals surface area contributed by atoms with Gasteiger partial charge in [-0.05, 0) is 31.8 Å². The molecule has 1 rings (SSSR count). The molecule has 0 bridgehead atoms. The van der Waals surface area contributed by atoms with Gasteiger partial charge < -0.3 is 0 Å². The van der Waals surface area contributed by atoms with E-state index in [0.29, 0.717) is 0 Å². The molecule has 0 aromatic rings. The highest BCUT2D eigenvalue weighted by Gasteiger charge is 1.81. The first-order valence-electron chi connectivity index (χ1n) is 3.87. The lowest BCUT2D eigenvalue weighted by molar-refractivity contribution is 0.852. The van der Waals surface area contributed by atoms with Gasteiger partial charge in [-0.1, -0.05) is 30.4 Å². The molecular formula is C10H13. The number of hydrogen-bond acceptors (Lipinski definition) is 0. The van der Waals surface area contributed by atoms with Gasteiger partial charge in [-0.2, -0.15) is 0 Å². The molecule has 10 heavy (non-hydrogen) atoms. The van der Waals surface area contributed by atoms with Gasteiger partial charge in [0.1, 0.15) is 0 Å². The molecule has 53 valence electrons. The first-order chi connectivity index (χ1) is 5.00. The SMILES string of the molecule is [C]1=CC=CCC=CCCC1. The summed E-state index contributed by atoms with van der Waals surface area (Å²) in [4.78, 5) is 0. The van der Waals surface area contributed by atoms with Gasteiger partial charge in [0.25, 0.3) is 0 Å². The summed E-state index contributed by atoms with van der Waals surface area (Å²) < 4.78 is 0. The Balaban J connectivity index is 2.38. The van der Waals surface area contributed by atoms with Crippen molar-refractivity contribution in [3.8, 4) is 0 Å². The smallest absolute Gasteiger partial charge is 0.0166 e. The van der Waals surface area contributed by atoms with Crippen molar-refractivity contribution in [3.63, 3.8) is 0 Å². The van der Waals surface area contributed by atoms with Crippen LogP contribution < -0.4 is 0 Å². The van der Waals surface area contributed by atoms with E-state index in [1.807, 2.05) is 6.08 Å². The monoisotopic (exact) mass is 133 g/mol. The molecule has 0 saturated heterocycles. The quantitative estimate of drug-likeness (QED) is 0.445. The highest BCUT2D eigenvalue weighted by molar-refractivity contribution is 5.03. The second-order valence-corrected chi connectivity index (χ2v) is 2.40. The van der Waals surface area contributed by atoms with Gasteiger partial charge in [-0.15, -0.1) is 0 Å². The van der Waals surface area contributed by atoms with Crippen LogP contribution >= 0.6 is 0 Å². The first-order valence-corrected chi connectivity index (χ1v) is 3.87. The standard InChI is InChI=1S/C10H13/c1-2-4-6-8-10-9-7-5-3-1/h1-3,6,8H,4,7,9-10H2. The van der Waals surface area contributed by atoms with Gasteiger partial charge in [-0.3, -0.25) is 0 Å². The second kappa shape index (κ2) is 5.04. The molecule has 0 N–H and O–H groups in total. The number of allylic oxidation sites excluding steroid dienone is 6. The van der Waals surface area contributed by atoms with Crippen LogP contribution in [-0.2, 0) is 0 Å². The minimum absolute atomic E-state index is 1.07. The maximum Gasteiger partial charge on any atom is -0.0166 e. The van der Waals surface area contributed by atoms with Crippen LogP contribution in [0.4, 0.5) is 0 Å². The summed E-state index contributed by atoms with van der Waals surface area (Å²) in [5, 5.41) is 0. The van der Waals surface area contributed by atoms with Crippen LogP contribution in [0.25, 0.3) is 0 Å². The minimum atomic E-state index is 1.07. The summed E-state index contributed by atoms with van der Waals surface area (Å²) in [7, 11) is 0. The fraction of sp³-hybridized carbons (Fsp3) is 0.400. The molecule has 0 nitrogen and oxygen atoms in total. The van der Waals surface area contributed by atoms with Crippen molar-refractivity contribution in [2.45, 2.75) is 25.7 Å². The molecule has 0 heteroatoms. The van der Waals surface area contributed by atoms with Crippen LogP contribution in [-0.4, -0.2) is 0 Å². The summed E-state index contributed by atoms with van der Waals surface area (Å²) in [5.74, 6) is 0. The molecule has 0 aromatic heterocycles. The van der Waals surface area contributed by atoms with Crippen molar-refractivity contribution >= 4 is 0 Å². The third kappa shape index (κ3) is 3.29. The van der Waals surface area contributed by atoms with Gasteiger partial charge in [0, 0.05) is 0 Å². The Hall–Kier alpha value is -0.780. The minimum Gasteiger partial charge on any atom is -0.0882 e. The van der Waals surface area contributed by atoms with Crippen LogP contribution in [0.1, 0.15) is 25.7 Å². The van der Waals surface area contributed by atoms with E-state index in [9.17, 15) is 0 Å². The van der Waals surface area contributed by atoms with Crippen LogP contribution in [0.3, 0.4) is 0 Å². The number of hydrogen-bond donors (Lipinski definition) is 0. The Bertz CT molecular complexity index is 149. The average Bonchev–Trinajstić information content (AvgIpc) is 2.01. The molecule has 0 heterocycles. The van der Waals surface area contributed by atoms with Crippen molar-refractivity contribution in [3.05, 3.63) is 36.5 Å². The fourth-order valence-electron chi connectivity index (χ4n) is 0.913. The van der Waals surface area contributed by atoms with Gasteiger partial charge in [0.05, 0.1) is 0 Å². The maximum atomic E-state index is 3.21. The van der Waals surface area contributed by atoms with Crippen LogP contribution in [0.2, 0.25) is 0 Å². The van der Waals surface area contributed by atoms with E-state index in [2.05, 4.69) is 30.4 Å². The Morgan fingerprint density at radius 2 is 2.10 bits per heavy atom. The third-order valence-electron chi connectivity index (χ3n) is 1.48. The molecular weight excluding hydrogens is 120 g/mol. The predicted octanol–water partition coefficient (Wildman–Crippen LogP) is 3.03. The summed E-state index contributed by atoms with van der Waals surface area (Å²) in [6.07, 6.45) is 18.5. The van der Waals surface area contributed by atoms with Gasteiger partial charge in [-0.25, -0.2) is 0 Å². The molecule has 0 unspecified atom stereocenters. The van der Waals surface area contributed by atoms with E-state index >= 15 is 0 Å². The van der Waals surface area contributed by atoms with Gasteiger partial charge >= 0.3 is 0 Å². The zero-order valence-corrected chi connectivity index (χ0v) is 6.22. The Kier molecular flexibility index (Phi) is 3.69. The van der Waals surface area contributed by atoms with Crippen molar-refractivity contribution < 1.29 is 0 Å².